The maximum atomic E-state index is 13.4. The summed E-state index contributed by atoms with van der Waals surface area (Å²) < 4.78 is 25.7. The van der Waals surface area contributed by atoms with E-state index in [-0.39, 0.29) is 0 Å². The summed E-state index contributed by atoms with van der Waals surface area (Å²) in [4.78, 5) is 0. The molecular formula is C15H11Br2FO3. The van der Waals surface area contributed by atoms with Gasteiger partial charge in [0.15, 0.2) is 11.5 Å². The first kappa shape index (κ1) is 14.8. The first-order valence-electron chi connectivity index (χ1n) is 6.28. The minimum atomic E-state index is -0.986. The third kappa shape index (κ3) is 2.93. The van der Waals surface area contributed by atoms with Crippen LogP contribution in [0.5, 0.6) is 11.5 Å². The zero-order valence-corrected chi connectivity index (χ0v) is 13.9. The minimum Gasteiger partial charge on any atom is -0.486 e. The van der Waals surface area contributed by atoms with E-state index < -0.39 is 11.9 Å². The Balaban J connectivity index is 2.05. The molecule has 1 unspecified atom stereocenters. The van der Waals surface area contributed by atoms with Crippen molar-refractivity contribution in [3.05, 3.63) is 56.2 Å². The molecule has 1 atom stereocenters. The lowest BCUT2D eigenvalue weighted by Gasteiger charge is -2.22. The van der Waals surface area contributed by atoms with Gasteiger partial charge in [0.1, 0.15) is 25.1 Å². The van der Waals surface area contributed by atoms with Crippen molar-refractivity contribution in [2.45, 2.75) is 6.10 Å². The Hall–Kier alpha value is -1.11. The molecule has 3 nitrogen and oxygen atoms in total. The maximum absolute atomic E-state index is 13.4. The Morgan fingerprint density at radius 1 is 0.952 bits per heavy atom. The summed E-state index contributed by atoms with van der Waals surface area (Å²) in [7, 11) is 0. The van der Waals surface area contributed by atoms with Crippen molar-refractivity contribution < 1.29 is 19.0 Å². The molecule has 2 aromatic carbocycles. The highest BCUT2D eigenvalue weighted by Gasteiger charge is 2.22. The molecule has 0 fully saturated rings. The average molecular weight is 418 g/mol. The molecule has 110 valence electrons. The fraction of sp³-hybridized carbons (Fsp3) is 0.200. The summed E-state index contributed by atoms with van der Waals surface area (Å²) in [6.45, 7) is 0.963. The smallest absolute Gasteiger partial charge is 0.162 e. The summed E-state index contributed by atoms with van der Waals surface area (Å²) in [5.41, 5.74) is 1.04. The number of ether oxygens (including phenoxy) is 2. The van der Waals surface area contributed by atoms with Crippen LogP contribution in [0.25, 0.3) is 0 Å². The van der Waals surface area contributed by atoms with Crippen molar-refractivity contribution in [1.82, 2.24) is 0 Å². The topological polar surface area (TPSA) is 38.7 Å². The molecule has 0 saturated carbocycles. The van der Waals surface area contributed by atoms with Crippen LogP contribution in [-0.2, 0) is 0 Å². The van der Waals surface area contributed by atoms with Crippen LogP contribution in [0.4, 0.5) is 4.39 Å². The molecule has 0 aliphatic carbocycles. The SMILES string of the molecule is OC(c1cc(F)ccc1Br)c1cc2c(cc1Br)OCCO2. The van der Waals surface area contributed by atoms with Gasteiger partial charge in [-0.1, -0.05) is 31.9 Å². The van der Waals surface area contributed by atoms with Gasteiger partial charge in [-0.15, -0.1) is 0 Å². The lowest BCUT2D eigenvalue weighted by molar-refractivity contribution is 0.169. The maximum Gasteiger partial charge on any atom is 0.162 e. The standard InChI is InChI=1S/C15H11Br2FO3/c16-11-2-1-8(18)5-9(11)15(19)10-6-13-14(7-12(10)17)21-4-3-20-13/h1-2,5-7,15,19H,3-4H2. The Morgan fingerprint density at radius 3 is 2.29 bits per heavy atom. The number of aliphatic hydroxyl groups is 1. The first-order chi connectivity index (χ1) is 10.1. The number of hydrogen-bond donors (Lipinski definition) is 1. The van der Waals surface area contributed by atoms with Crippen LogP contribution in [0.2, 0.25) is 0 Å². The molecule has 1 aliphatic heterocycles. The van der Waals surface area contributed by atoms with Crippen LogP contribution >= 0.6 is 31.9 Å². The number of rotatable bonds is 2. The molecule has 3 rings (SSSR count). The summed E-state index contributed by atoms with van der Waals surface area (Å²) in [5, 5.41) is 10.6. The van der Waals surface area contributed by atoms with E-state index in [9.17, 15) is 9.50 Å². The Kier molecular flexibility index (Phi) is 4.19. The molecule has 1 heterocycles. The summed E-state index contributed by atoms with van der Waals surface area (Å²) in [6, 6.07) is 7.66. The van der Waals surface area contributed by atoms with Gasteiger partial charge in [-0.05, 0) is 30.3 Å². The van der Waals surface area contributed by atoms with Gasteiger partial charge < -0.3 is 14.6 Å². The molecule has 0 spiro atoms. The van der Waals surface area contributed by atoms with Gasteiger partial charge in [0, 0.05) is 20.1 Å². The first-order valence-corrected chi connectivity index (χ1v) is 7.87. The van der Waals surface area contributed by atoms with E-state index in [0.29, 0.717) is 44.8 Å². The lowest BCUT2D eigenvalue weighted by Crippen LogP contribution is -2.16. The van der Waals surface area contributed by atoms with Gasteiger partial charge in [-0.3, -0.25) is 0 Å². The van der Waals surface area contributed by atoms with Crippen molar-refractivity contribution in [3.8, 4) is 11.5 Å². The van der Waals surface area contributed by atoms with E-state index in [1.165, 1.54) is 12.1 Å². The summed E-state index contributed by atoms with van der Waals surface area (Å²) in [5.74, 6) is 0.800. The zero-order chi connectivity index (χ0) is 15.0. The van der Waals surface area contributed by atoms with Crippen molar-refractivity contribution >= 4 is 31.9 Å². The number of halogens is 3. The van der Waals surface area contributed by atoms with Gasteiger partial charge >= 0.3 is 0 Å². The van der Waals surface area contributed by atoms with Crippen molar-refractivity contribution in [3.63, 3.8) is 0 Å². The van der Waals surface area contributed by atoms with Crippen LogP contribution < -0.4 is 9.47 Å². The highest BCUT2D eigenvalue weighted by Crippen LogP contribution is 2.40. The van der Waals surface area contributed by atoms with Crippen LogP contribution in [-0.4, -0.2) is 18.3 Å². The van der Waals surface area contributed by atoms with E-state index in [1.807, 2.05) is 0 Å². The van der Waals surface area contributed by atoms with E-state index in [1.54, 1.807) is 18.2 Å². The molecule has 2 aromatic rings. The molecule has 0 aromatic heterocycles. The molecule has 0 bridgehead atoms. The van der Waals surface area contributed by atoms with E-state index in [4.69, 9.17) is 9.47 Å². The molecule has 21 heavy (non-hydrogen) atoms. The van der Waals surface area contributed by atoms with Gasteiger partial charge in [0.05, 0.1) is 0 Å². The predicted octanol–water partition coefficient (Wildman–Crippen LogP) is 4.20. The monoisotopic (exact) mass is 416 g/mol. The van der Waals surface area contributed by atoms with Crippen molar-refractivity contribution in [1.29, 1.82) is 0 Å². The molecular weight excluding hydrogens is 407 g/mol. The number of fused-ring (bicyclic) bond motifs is 1. The summed E-state index contributed by atoms with van der Waals surface area (Å²) >= 11 is 6.74. The largest absolute Gasteiger partial charge is 0.486 e. The molecule has 1 N–H and O–H groups in total. The highest BCUT2D eigenvalue weighted by atomic mass is 79.9. The fourth-order valence-electron chi connectivity index (χ4n) is 2.18. The van der Waals surface area contributed by atoms with E-state index in [2.05, 4.69) is 31.9 Å². The Bertz CT molecular complexity index is 691. The molecule has 6 heteroatoms. The number of aliphatic hydroxyl groups excluding tert-OH is 1. The van der Waals surface area contributed by atoms with Crippen LogP contribution in [0, 0.1) is 5.82 Å². The predicted molar refractivity (Wildman–Crippen MR) is 83.3 cm³/mol. The van der Waals surface area contributed by atoms with Crippen LogP contribution in [0.3, 0.4) is 0 Å². The second-order valence-electron chi connectivity index (χ2n) is 4.59. The quantitative estimate of drug-likeness (QED) is 0.795. The Morgan fingerprint density at radius 2 is 1.57 bits per heavy atom. The third-order valence-corrected chi connectivity index (χ3v) is 4.62. The van der Waals surface area contributed by atoms with E-state index in [0.717, 1.165) is 0 Å². The average Bonchev–Trinajstić information content (AvgIpc) is 2.48. The fourth-order valence-corrected chi connectivity index (χ4v) is 3.18. The van der Waals surface area contributed by atoms with E-state index >= 15 is 0 Å². The molecule has 1 aliphatic rings. The number of hydrogen-bond acceptors (Lipinski definition) is 3. The van der Waals surface area contributed by atoms with Gasteiger partial charge in [0.2, 0.25) is 0 Å². The summed E-state index contributed by atoms with van der Waals surface area (Å²) in [6.07, 6.45) is -0.986. The normalized spacial score (nSPS) is 14.9. The highest BCUT2D eigenvalue weighted by molar-refractivity contribution is 9.10. The third-order valence-electron chi connectivity index (χ3n) is 3.21. The van der Waals surface area contributed by atoms with Crippen molar-refractivity contribution in [2.75, 3.05) is 13.2 Å². The number of benzene rings is 2. The Labute approximate surface area is 137 Å². The second kappa shape index (κ2) is 5.94. The van der Waals surface area contributed by atoms with Crippen LogP contribution in [0.1, 0.15) is 17.2 Å². The van der Waals surface area contributed by atoms with Crippen LogP contribution in [0.15, 0.2) is 39.3 Å². The van der Waals surface area contributed by atoms with Gasteiger partial charge in [-0.25, -0.2) is 4.39 Å². The van der Waals surface area contributed by atoms with Gasteiger partial charge in [0.25, 0.3) is 0 Å². The second-order valence-corrected chi connectivity index (χ2v) is 6.29. The lowest BCUT2D eigenvalue weighted by atomic mass is 10.0. The molecule has 0 radical (unpaired) electrons. The molecule has 0 saturated heterocycles. The minimum absolute atomic E-state index is 0.402. The van der Waals surface area contributed by atoms with Gasteiger partial charge in [-0.2, -0.15) is 0 Å². The molecule has 0 amide bonds. The zero-order valence-electron chi connectivity index (χ0n) is 10.8. The van der Waals surface area contributed by atoms with Crippen molar-refractivity contribution in [2.24, 2.45) is 0 Å².